The lowest BCUT2D eigenvalue weighted by Crippen LogP contribution is -2.17. The van der Waals surface area contributed by atoms with Gasteiger partial charge in [0.2, 0.25) is 0 Å². The quantitative estimate of drug-likeness (QED) is 0.863. The molecule has 4 nitrogen and oxygen atoms in total. The molecule has 1 heterocycles. The number of hydrogen-bond acceptors (Lipinski definition) is 3. The third-order valence-corrected chi connectivity index (χ3v) is 2.60. The van der Waals surface area contributed by atoms with E-state index in [2.05, 4.69) is 33.2 Å². The van der Waals surface area contributed by atoms with Gasteiger partial charge < -0.3 is 4.74 Å². The molecule has 88 valence electrons. The van der Waals surface area contributed by atoms with Gasteiger partial charge in [-0.25, -0.2) is 9.78 Å². The molecule has 16 heavy (non-hydrogen) atoms. The molecule has 1 rings (SSSR count). The fraction of sp³-hybridized carbons (Fsp3) is 0.455. The van der Waals surface area contributed by atoms with E-state index in [9.17, 15) is 4.79 Å². The van der Waals surface area contributed by atoms with E-state index < -0.39 is 6.09 Å². The first-order chi connectivity index (χ1) is 7.61. The van der Waals surface area contributed by atoms with Crippen molar-refractivity contribution in [3.05, 3.63) is 22.9 Å². The van der Waals surface area contributed by atoms with Crippen LogP contribution in [0.5, 0.6) is 0 Å². The summed E-state index contributed by atoms with van der Waals surface area (Å²) in [7, 11) is 0. The Labute approximate surface area is 104 Å². The van der Waals surface area contributed by atoms with E-state index >= 15 is 0 Å². The standard InChI is InChI=1S/C11H15BrN2O2/c1-3-8(2)7-16-11(15)14-9-4-5-13-10(12)6-9/h4-6,8H,3,7H2,1-2H3,(H,13,14,15)/t8-/m0/s1. The molecule has 0 bridgehead atoms. The SMILES string of the molecule is CC[C@H](C)COC(=O)Nc1ccnc(Br)c1. The van der Waals surface area contributed by atoms with Gasteiger partial charge >= 0.3 is 6.09 Å². The molecular formula is C11H15BrN2O2. The molecule has 0 aromatic carbocycles. The van der Waals surface area contributed by atoms with Crippen LogP contribution in [0, 0.1) is 5.92 Å². The highest BCUT2D eigenvalue weighted by Crippen LogP contribution is 2.13. The summed E-state index contributed by atoms with van der Waals surface area (Å²) in [5.41, 5.74) is 0.663. The topological polar surface area (TPSA) is 51.2 Å². The summed E-state index contributed by atoms with van der Waals surface area (Å²) in [4.78, 5) is 15.3. The highest BCUT2D eigenvalue weighted by molar-refractivity contribution is 9.10. The number of hydrogen-bond donors (Lipinski definition) is 1. The molecule has 5 heteroatoms. The molecule has 0 aliphatic heterocycles. The number of anilines is 1. The minimum atomic E-state index is -0.432. The molecule has 0 saturated carbocycles. The molecular weight excluding hydrogens is 272 g/mol. The molecule has 1 N–H and O–H groups in total. The Kier molecular flexibility index (Phi) is 5.25. The van der Waals surface area contributed by atoms with E-state index in [1.165, 1.54) is 0 Å². The molecule has 0 aliphatic rings. The van der Waals surface area contributed by atoms with Crippen molar-refractivity contribution >= 4 is 27.7 Å². The van der Waals surface area contributed by atoms with Crippen LogP contribution < -0.4 is 5.32 Å². The predicted molar refractivity (Wildman–Crippen MR) is 66.4 cm³/mol. The summed E-state index contributed by atoms with van der Waals surface area (Å²) in [5, 5.41) is 2.63. The van der Waals surface area contributed by atoms with Crippen LogP contribution in [0.4, 0.5) is 10.5 Å². The number of nitrogens with zero attached hydrogens (tertiary/aromatic N) is 1. The number of halogens is 1. The number of carbonyl (C=O) groups excluding carboxylic acids is 1. The fourth-order valence-electron chi connectivity index (χ4n) is 0.970. The van der Waals surface area contributed by atoms with Crippen LogP contribution in [0.2, 0.25) is 0 Å². The van der Waals surface area contributed by atoms with Gasteiger partial charge in [0.15, 0.2) is 0 Å². The van der Waals surface area contributed by atoms with Crippen molar-refractivity contribution in [3.63, 3.8) is 0 Å². The highest BCUT2D eigenvalue weighted by Gasteiger charge is 2.06. The van der Waals surface area contributed by atoms with Crippen molar-refractivity contribution < 1.29 is 9.53 Å². The maximum Gasteiger partial charge on any atom is 0.411 e. The summed E-state index contributed by atoms with van der Waals surface area (Å²) in [6.07, 6.45) is 2.17. The second kappa shape index (κ2) is 6.48. The first-order valence-electron chi connectivity index (χ1n) is 5.17. The number of ether oxygens (including phenoxy) is 1. The van der Waals surface area contributed by atoms with Gasteiger partial charge in [0, 0.05) is 11.9 Å². The first-order valence-corrected chi connectivity index (χ1v) is 5.96. The number of pyridine rings is 1. The lowest BCUT2D eigenvalue weighted by Gasteiger charge is -2.10. The minimum absolute atomic E-state index is 0.384. The molecule has 1 amide bonds. The van der Waals surface area contributed by atoms with Crippen molar-refractivity contribution in [2.45, 2.75) is 20.3 Å². The van der Waals surface area contributed by atoms with E-state index in [0.717, 1.165) is 6.42 Å². The second-order valence-corrected chi connectivity index (χ2v) is 4.42. The van der Waals surface area contributed by atoms with Gasteiger partial charge in [-0.1, -0.05) is 20.3 Å². The number of carbonyl (C=O) groups is 1. The van der Waals surface area contributed by atoms with Crippen LogP contribution in [-0.4, -0.2) is 17.7 Å². The normalized spacial score (nSPS) is 11.9. The van der Waals surface area contributed by atoms with Crippen molar-refractivity contribution in [1.82, 2.24) is 4.98 Å². The molecule has 0 unspecified atom stereocenters. The van der Waals surface area contributed by atoms with Crippen LogP contribution in [0.15, 0.2) is 22.9 Å². The zero-order chi connectivity index (χ0) is 12.0. The number of rotatable bonds is 4. The second-order valence-electron chi connectivity index (χ2n) is 3.60. The van der Waals surface area contributed by atoms with Crippen LogP contribution in [0.1, 0.15) is 20.3 Å². The summed E-state index contributed by atoms with van der Waals surface area (Å²) < 4.78 is 5.73. The van der Waals surface area contributed by atoms with Gasteiger partial charge in [-0.15, -0.1) is 0 Å². The number of nitrogens with one attached hydrogen (secondary N) is 1. The Morgan fingerprint density at radius 3 is 3.06 bits per heavy atom. The molecule has 1 atom stereocenters. The van der Waals surface area contributed by atoms with Gasteiger partial charge in [0.05, 0.1) is 6.61 Å². The van der Waals surface area contributed by atoms with E-state index in [-0.39, 0.29) is 0 Å². The van der Waals surface area contributed by atoms with Crippen LogP contribution in [0.3, 0.4) is 0 Å². The Morgan fingerprint density at radius 1 is 1.69 bits per heavy atom. The summed E-state index contributed by atoms with van der Waals surface area (Å²) >= 11 is 3.22. The van der Waals surface area contributed by atoms with Crippen molar-refractivity contribution in [3.8, 4) is 0 Å². The lowest BCUT2D eigenvalue weighted by molar-refractivity contribution is 0.143. The molecule has 1 aromatic rings. The van der Waals surface area contributed by atoms with E-state index in [4.69, 9.17) is 4.74 Å². The van der Waals surface area contributed by atoms with Crippen LogP contribution >= 0.6 is 15.9 Å². The monoisotopic (exact) mass is 286 g/mol. The largest absolute Gasteiger partial charge is 0.449 e. The lowest BCUT2D eigenvalue weighted by atomic mass is 10.1. The Hall–Kier alpha value is -1.10. The van der Waals surface area contributed by atoms with Gasteiger partial charge in [-0.05, 0) is 34.0 Å². The maximum absolute atomic E-state index is 11.4. The van der Waals surface area contributed by atoms with E-state index in [1.807, 2.05) is 6.92 Å². The Morgan fingerprint density at radius 2 is 2.44 bits per heavy atom. The van der Waals surface area contributed by atoms with Gasteiger partial charge in [0.25, 0.3) is 0 Å². The zero-order valence-electron chi connectivity index (χ0n) is 9.37. The predicted octanol–water partition coefficient (Wildman–Crippen LogP) is 3.44. The van der Waals surface area contributed by atoms with Gasteiger partial charge in [0.1, 0.15) is 4.60 Å². The molecule has 0 aliphatic carbocycles. The fourth-order valence-corrected chi connectivity index (χ4v) is 1.33. The molecule has 0 radical (unpaired) electrons. The van der Waals surface area contributed by atoms with E-state index in [1.54, 1.807) is 18.3 Å². The van der Waals surface area contributed by atoms with Crippen LogP contribution in [-0.2, 0) is 4.74 Å². The average Bonchev–Trinajstić information content (AvgIpc) is 2.26. The van der Waals surface area contributed by atoms with Crippen molar-refractivity contribution in [2.75, 3.05) is 11.9 Å². The van der Waals surface area contributed by atoms with Crippen molar-refractivity contribution in [1.29, 1.82) is 0 Å². The summed E-state index contributed by atoms with van der Waals surface area (Å²) in [5.74, 6) is 0.384. The Bertz CT molecular complexity index is 358. The van der Waals surface area contributed by atoms with Gasteiger partial charge in [-0.3, -0.25) is 5.32 Å². The molecule has 1 aromatic heterocycles. The Balaban J connectivity index is 2.40. The summed E-state index contributed by atoms with van der Waals surface area (Å²) in [6.45, 7) is 4.54. The van der Waals surface area contributed by atoms with Gasteiger partial charge in [-0.2, -0.15) is 0 Å². The zero-order valence-corrected chi connectivity index (χ0v) is 11.0. The highest BCUT2D eigenvalue weighted by atomic mass is 79.9. The third-order valence-electron chi connectivity index (χ3n) is 2.17. The van der Waals surface area contributed by atoms with Crippen LogP contribution in [0.25, 0.3) is 0 Å². The molecule has 0 saturated heterocycles. The molecule has 0 fully saturated rings. The van der Waals surface area contributed by atoms with E-state index in [0.29, 0.717) is 22.8 Å². The number of aromatic nitrogens is 1. The average molecular weight is 287 g/mol. The smallest absolute Gasteiger partial charge is 0.411 e. The summed E-state index contributed by atoms with van der Waals surface area (Å²) in [6, 6.07) is 3.42. The molecule has 0 spiro atoms. The number of amides is 1. The van der Waals surface area contributed by atoms with Crippen molar-refractivity contribution in [2.24, 2.45) is 5.92 Å². The third kappa shape index (κ3) is 4.61. The maximum atomic E-state index is 11.4. The minimum Gasteiger partial charge on any atom is -0.449 e. The first kappa shape index (κ1) is 13.0.